The minimum atomic E-state index is -0.615. The van der Waals surface area contributed by atoms with E-state index in [0.29, 0.717) is 0 Å². The first-order valence-electron chi connectivity index (χ1n) is 17.3. The van der Waals surface area contributed by atoms with Crippen LogP contribution in [0.15, 0.2) is 194 Å². The molecule has 0 saturated carbocycles. The highest BCUT2D eigenvalue weighted by molar-refractivity contribution is 5.97. The Labute approximate surface area is 301 Å². The van der Waals surface area contributed by atoms with Gasteiger partial charge in [0, 0.05) is 16.9 Å². The van der Waals surface area contributed by atoms with Crippen molar-refractivity contribution in [2.45, 2.75) is 12.3 Å². The molecule has 0 fully saturated rings. The monoisotopic (exact) mass is 649 g/mol. The molecule has 0 heterocycles. The van der Waals surface area contributed by atoms with Crippen molar-refractivity contribution >= 4 is 17.1 Å². The number of anilines is 3. The van der Waals surface area contributed by atoms with Crippen LogP contribution in [0.25, 0.3) is 33.4 Å². The van der Waals surface area contributed by atoms with Crippen LogP contribution in [0.5, 0.6) is 0 Å². The van der Waals surface area contributed by atoms with Gasteiger partial charge in [-0.25, -0.2) is 0 Å². The van der Waals surface area contributed by atoms with Crippen LogP contribution in [0.4, 0.5) is 17.1 Å². The van der Waals surface area contributed by atoms with Crippen LogP contribution >= 0.6 is 0 Å². The summed E-state index contributed by atoms with van der Waals surface area (Å²) >= 11 is 0. The molecular weight excluding hydrogens is 615 g/mol. The molecule has 1 nitrogen and oxygen atoms in total. The number of allylic oxidation sites excluding steroid dienone is 4. The summed E-state index contributed by atoms with van der Waals surface area (Å²) in [5.74, 6) is 2.73. The maximum absolute atomic E-state index is 5.81. The van der Waals surface area contributed by atoms with Gasteiger partial charge in [0.25, 0.3) is 0 Å². The fourth-order valence-corrected chi connectivity index (χ4v) is 7.73. The van der Waals surface area contributed by atoms with Gasteiger partial charge in [-0.3, -0.25) is 0 Å². The number of fused-ring (bicyclic) bond motifs is 3. The van der Waals surface area contributed by atoms with Crippen LogP contribution in [-0.2, 0) is 5.41 Å². The molecule has 1 atom stereocenters. The zero-order chi connectivity index (χ0) is 34.6. The standard InChI is InChI=1S/C50H35N/c1-3-5-22-41(4-2)50(42-23-13-8-14-24-42)46-26-16-15-25-45(46)49-47(50)27-17-28-48(49)51(43-33-29-39(30-34-43)37-18-9-6-10-19-37)44-35-31-40(32-36-44)38-20-11-7-12-21-38/h1,4-7,9-13,15-36H,2H3/b22-5-,41-4+. The first-order chi connectivity index (χ1) is 25.2. The molecular formula is C50H35N. The largest absolute Gasteiger partial charge is 0.310 e. The van der Waals surface area contributed by atoms with E-state index >= 15 is 0 Å². The van der Waals surface area contributed by atoms with Crippen LogP contribution in [0.2, 0.25) is 0 Å². The molecule has 240 valence electrons. The van der Waals surface area contributed by atoms with Crippen molar-refractivity contribution in [1.29, 1.82) is 0 Å². The minimum Gasteiger partial charge on any atom is -0.310 e. The summed E-state index contributed by atoms with van der Waals surface area (Å²) in [6.45, 7) is 2.09. The fourth-order valence-electron chi connectivity index (χ4n) is 7.73. The van der Waals surface area contributed by atoms with Gasteiger partial charge in [0.1, 0.15) is 0 Å². The molecule has 1 heteroatoms. The molecule has 0 radical (unpaired) electrons. The molecule has 1 unspecified atom stereocenters. The normalized spacial score (nSPS) is 14.7. The zero-order valence-electron chi connectivity index (χ0n) is 28.4. The Morgan fingerprint density at radius 2 is 1.18 bits per heavy atom. The second-order valence-corrected chi connectivity index (χ2v) is 12.6. The molecule has 0 aliphatic heterocycles. The second-order valence-electron chi connectivity index (χ2n) is 12.6. The molecule has 0 spiro atoms. The van der Waals surface area contributed by atoms with Gasteiger partial charge in [-0.1, -0.05) is 145 Å². The maximum Gasteiger partial charge on any atom is 0.0717 e. The van der Waals surface area contributed by atoms with Gasteiger partial charge in [-0.15, -0.1) is 6.42 Å². The Hall–Kier alpha value is -6.80. The third-order valence-corrected chi connectivity index (χ3v) is 9.95. The Bertz CT molecular complexity index is 2310. The van der Waals surface area contributed by atoms with Crippen LogP contribution in [0.3, 0.4) is 0 Å². The Balaban J connectivity index is 1.39. The van der Waals surface area contributed by atoms with Gasteiger partial charge < -0.3 is 4.90 Å². The second kappa shape index (κ2) is 13.6. The molecule has 8 rings (SSSR count). The number of benzene rings is 6. The Morgan fingerprint density at radius 3 is 1.75 bits per heavy atom. The van der Waals surface area contributed by atoms with E-state index in [0.717, 1.165) is 28.2 Å². The first kappa shape index (κ1) is 31.5. The lowest BCUT2D eigenvalue weighted by atomic mass is 9.67. The predicted molar refractivity (Wildman–Crippen MR) is 213 cm³/mol. The maximum atomic E-state index is 5.81. The predicted octanol–water partition coefficient (Wildman–Crippen LogP) is 12.5. The summed E-state index contributed by atoms with van der Waals surface area (Å²) in [5.41, 5.74) is 14.4. The van der Waals surface area contributed by atoms with Crippen molar-refractivity contribution in [1.82, 2.24) is 0 Å². The highest BCUT2D eigenvalue weighted by Gasteiger charge is 2.47. The summed E-state index contributed by atoms with van der Waals surface area (Å²) in [7, 11) is 0. The van der Waals surface area contributed by atoms with Crippen LogP contribution < -0.4 is 4.90 Å². The summed E-state index contributed by atoms with van der Waals surface area (Å²) in [5, 5.41) is 0. The lowest BCUT2D eigenvalue weighted by Crippen LogP contribution is -2.29. The summed E-state index contributed by atoms with van der Waals surface area (Å²) in [4.78, 5) is 2.40. The van der Waals surface area contributed by atoms with Gasteiger partial charge >= 0.3 is 0 Å². The van der Waals surface area contributed by atoms with Crippen LogP contribution in [-0.4, -0.2) is 0 Å². The van der Waals surface area contributed by atoms with E-state index in [1.54, 1.807) is 6.08 Å². The van der Waals surface area contributed by atoms with E-state index in [1.807, 2.05) is 6.07 Å². The van der Waals surface area contributed by atoms with E-state index in [2.05, 4.69) is 206 Å². The van der Waals surface area contributed by atoms with E-state index < -0.39 is 5.41 Å². The SMILES string of the molecule is C#C/C=C\C(=C/C)C1(c2cc#ccc2)c2ccccc2-c2c(N(c3ccc(-c4ccccc4)cc3)c3ccc(-c4ccccc4)cc3)cccc21. The first-order valence-corrected chi connectivity index (χ1v) is 17.3. The van der Waals surface area contributed by atoms with Crippen molar-refractivity contribution in [3.63, 3.8) is 0 Å². The lowest BCUT2D eigenvalue weighted by molar-refractivity contribution is 0.765. The molecule has 0 amide bonds. The smallest absolute Gasteiger partial charge is 0.0717 e. The van der Waals surface area contributed by atoms with Crippen molar-refractivity contribution in [3.05, 3.63) is 222 Å². The fraction of sp³-hybridized carbons (Fsp3) is 0.0400. The third kappa shape index (κ3) is 5.43. The van der Waals surface area contributed by atoms with E-state index in [9.17, 15) is 0 Å². The average Bonchev–Trinajstić information content (AvgIpc) is 3.51. The van der Waals surface area contributed by atoms with Gasteiger partial charge in [0.15, 0.2) is 0 Å². The van der Waals surface area contributed by atoms with Crippen molar-refractivity contribution in [2.75, 3.05) is 4.90 Å². The van der Waals surface area contributed by atoms with E-state index in [4.69, 9.17) is 6.42 Å². The van der Waals surface area contributed by atoms with Crippen LogP contribution in [0, 0.1) is 24.5 Å². The minimum absolute atomic E-state index is 0.615. The summed E-state index contributed by atoms with van der Waals surface area (Å²) in [6.07, 6.45) is 11.9. The van der Waals surface area contributed by atoms with Gasteiger partial charge in [0.2, 0.25) is 0 Å². The summed E-state index contributed by atoms with van der Waals surface area (Å²) < 4.78 is 0. The quantitative estimate of drug-likeness (QED) is 0.117. The molecule has 7 aromatic rings. The Kier molecular flexibility index (Phi) is 8.39. The highest BCUT2D eigenvalue weighted by Crippen LogP contribution is 2.59. The van der Waals surface area contributed by atoms with Crippen molar-refractivity contribution in [2.24, 2.45) is 0 Å². The average molecular weight is 650 g/mol. The van der Waals surface area contributed by atoms with E-state index in [1.165, 1.54) is 44.5 Å². The van der Waals surface area contributed by atoms with Crippen molar-refractivity contribution in [3.8, 4) is 45.7 Å². The molecule has 0 N–H and O–H groups in total. The topological polar surface area (TPSA) is 3.24 Å². The molecule has 0 bridgehead atoms. The molecule has 51 heavy (non-hydrogen) atoms. The van der Waals surface area contributed by atoms with Crippen molar-refractivity contribution < 1.29 is 0 Å². The van der Waals surface area contributed by atoms with Gasteiger partial charge in [0.05, 0.1) is 11.1 Å². The molecule has 1 aliphatic carbocycles. The van der Waals surface area contributed by atoms with Gasteiger partial charge in [-0.2, -0.15) is 0 Å². The number of hydrogen-bond donors (Lipinski definition) is 0. The molecule has 0 aromatic heterocycles. The molecule has 1 aliphatic rings. The Morgan fingerprint density at radius 1 is 0.608 bits per heavy atom. The number of rotatable bonds is 8. The zero-order valence-corrected chi connectivity index (χ0v) is 28.4. The number of hydrogen-bond acceptors (Lipinski definition) is 1. The molecule has 7 aromatic carbocycles. The van der Waals surface area contributed by atoms with Gasteiger partial charge in [-0.05, 0) is 118 Å². The van der Waals surface area contributed by atoms with E-state index in [-0.39, 0.29) is 0 Å². The summed E-state index contributed by atoms with van der Waals surface area (Å²) in [6, 6.07) is 66.9. The lowest BCUT2D eigenvalue weighted by Gasteiger charge is -2.35. The van der Waals surface area contributed by atoms with Crippen LogP contribution in [0.1, 0.15) is 23.6 Å². The highest BCUT2D eigenvalue weighted by atomic mass is 15.1. The molecule has 0 saturated heterocycles. The number of terminal acetylenes is 1. The number of nitrogens with zero attached hydrogens (tertiary/aromatic N) is 1. The third-order valence-electron chi connectivity index (χ3n) is 9.95.